The molecule has 0 aromatic heterocycles. The van der Waals surface area contributed by atoms with Crippen molar-refractivity contribution in [3.8, 4) is 0 Å². The van der Waals surface area contributed by atoms with Crippen LogP contribution in [0.15, 0.2) is 0 Å². The van der Waals surface area contributed by atoms with Crippen LogP contribution in [0.3, 0.4) is 0 Å². The Labute approximate surface area is 76.8 Å². The number of likely N-dealkylation sites (N-methyl/N-ethyl adjacent to an activating group) is 1. The van der Waals surface area contributed by atoms with E-state index in [1.165, 1.54) is 0 Å². The Kier molecular flexibility index (Phi) is 2.86. The van der Waals surface area contributed by atoms with Gasteiger partial charge in [-0.3, -0.25) is 4.79 Å². The number of rotatable bonds is 3. The third-order valence-corrected chi connectivity index (χ3v) is 2.47. The van der Waals surface area contributed by atoms with Crippen LogP contribution >= 0.6 is 12.2 Å². The summed E-state index contributed by atoms with van der Waals surface area (Å²) in [7, 11) is 1.92. The lowest BCUT2D eigenvalue weighted by molar-refractivity contribution is -0.137. The molecule has 0 unspecified atom stereocenters. The molecule has 1 rings (SSSR count). The molecule has 0 saturated carbocycles. The van der Waals surface area contributed by atoms with Crippen LogP contribution in [0, 0.1) is 0 Å². The van der Waals surface area contributed by atoms with Gasteiger partial charge in [0.15, 0.2) is 5.11 Å². The van der Waals surface area contributed by atoms with E-state index in [1.807, 2.05) is 16.8 Å². The summed E-state index contributed by atoms with van der Waals surface area (Å²) in [6.45, 7) is 2.28. The Morgan fingerprint density at radius 3 is 2.75 bits per heavy atom. The molecular formula is C7H12N2O2S. The molecule has 5 heteroatoms. The van der Waals surface area contributed by atoms with Gasteiger partial charge in [-0.2, -0.15) is 0 Å². The van der Waals surface area contributed by atoms with E-state index in [-0.39, 0.29) is 6.42 Å². The van der Waals surface area contributed by atoms with Gasteiger partial charge >= 0.3 is 5.97 Å². The lowest BCUT2D eigenvalue weighted by Crippen LogP contribution is -2.30. The zero-order chi connectivity index (χ0) is 9.14. The molecule has 0 atom stereocenters. The SMILES string of the molecule is CN1CCN(CCC(=O)O)C1=S. The van der Waals surface area contributed by atoms with Crippen LogP contribution in [0.5, 0.6) is 0 Å². The van der Waals surface area contributed by atoms with Gasteiger partial charge in [0.05, 0.1) is 6.42 Å². The highest BCUT2D eigenvalue weighted by Gasteiger charge is 2.21. The molecule has 0 spiro atoms. The zero-order valence-corrected chi connectivity index (χ0v) is 7.80. The highest BCUT2D eigenvalue weighted by molar-refractivity contribution is 7.80. The molecule has 1 heterocycles. The molecule has 0 aliphatic carbocycles. The predicted molar refractivity (Wildman–Crippen MR) is 49.1 cm³/mol. The molecule has 68 valence electrons. The Morgan fingerprint density at radius 2 is 2.33 bits per heavy atom. The average molecular weight is 188 g/mol. The highest BCUT2D eigenvalue weighted by Crippen LogP contribution is 2.06. The maximum Gasteiger partial charge on any atom is 0.305 e. The van der Waals surface area contributed by atoms with E-state index in [4.69, 9.17) is 17.3 Å². The first kappa shape index (κ1) is 9.25. The van der Waals surface area contributed by atoms with Crippen LogP contribution in [-0.2, 0) is 4.79 Å². The molecule has 1 saturated heterocycles. The minimum Gasteiger partial charge on any atom is -0.481 e. The largest absolute Gasteiger partial charge is 0.481 e. The number of hydrogen-bond acceptors (Lipinski definition) is 2. The molecule has 1 fully saturated rings. The first-order chi connectivity index (χ1) is 5.61. The topological polar surface area (TPSA) is 43.8 Å². The number of aliphatic carboxylic acids is 1. The lowest BCUT2D eigenvalue weighted by Gasteiger charge is -2.17. The van der Waals surface area contributed by atoms with Crippen molar-refractivity contribution in [1.82, 2.24) is 9.80 Å². The second kappa shape index (κ2) is 3.71. The number of carboxylic acids is 1. The Hall–Kier alpha value is -0.840. The van der Waals surface area contributed by atoms with E-state index >= 15 is 0 Å². The molecule has 0 bridgehead atoms. The summed E-state index contributed by atoms with van der Waals surface area (Å²) in [5.41, 5.74) is 0. The normalized spacial score (nSPS) is 17.2. The molecule has 1 aliphatic rings. The van der Waals surface area contributed by atoms with Crippen molar-refractivity contribution in [2.24, 2.45) is 0 Å². The molecule has 0 amide bonds. The number of thiocarbonyl (C=S) groups is 1. The van der Waals surface area contributed by atoms with Crippen LogP contribution in [0.1, 0.15) is 6.42 Å². The van der Waals surface area contributed by atoms with Crippen molar-refractivity contribution >= 4 is 23.3 Å². The van der Waals surface area contributed by atoms with Gasteiger partial charge in [0.2, 0.25) is 0 Å². The highest BCUT2D eigenvalue weighted by atomic mass is 32.1. The zero-order valence-electron chi connectivity index (χ0n) is 6.99. The van der Waals surface area contributed by atoms with Gasteiger partial charge in [-0.1, -0.05) is 0 Å². The standard InChI is InChI=1S/C7H12N2O2S/c1-8-4-5-9(7(8)12)3-2-6(10)11/h2-5H2,1H3,(H,10,11). The molecular weight excluding hydrogens is 176 g/mol. The quantitative estimate of drug-likeness (QED) is 0.631. The summed E-state index contributed by atoms with van der Waals surface area (Å²) in [6.07, 6.45) is 0.161. The fraction of sp³-hybridized carbons (Fsp3) is 0.714. The first-order valence-electron chi connectivity index (χ1n) is 3.83. The molecule has 0 aromatic carbocycles. The maximum absolute atomic E-state index is 10.3. The fourth-order valence-electron chi connectivity index (χ4n) is 1.14. The van der Waals surface area contributed by atoms with Crippen molar-refractivity contribution in [3.05, 3.63) is 0 Å². The monoisotopic (exact) mass is 188 g/mol. The second-order valence-electron chi connectivity index (χ2n) is 2.83. The molecule has 12 heavy (non-hydrogen) atoms. The molecule has 1 N–H and O–H groups in total. The Bertz CT molecular complexity index is 208. The molecule has 4 nitrogen and oxygen atoms in total. The van der Waals surface area contributed by atoms with Crippen molar-refractivity contribution in [2.75, 3.05) is 26.7 Å². The summed E-state index contributed by atoms with van der Waals surface area (Å²) >= 11 is 5.07. The van der Waals surface area contributed by atoms with Gasteiger partial charge in [0.1, 0.15) is 0 Å². The van der Waals surface area contributed by atoms with Crippen molar-refractivity contribution in [2.45, 2.75) is 6.42 Å². The van der Waals surface area contributed by atoms with Crippen molar-refractivity contribution < 1.29 is 9.90 Å². The van der Waals surface area contributed by atoms with Crippen LogP contribution in [0.2, 0.25) is 0 Å². The van der Waals surface area contributed by atoms with Gasteiger partial charge in [-0.15, -0.1) is 0 Å². The fourth-order valence-corrected chi connectivity index (χ4v) is 1.42. The van der Waals surface area contributed by atoms with Crippen LogP contribution < -0.4 is 0 Å². The van der Waals surface area contributed by atoms with E-state index in [1.54, 1.807) is 0 Å². The minimum atomic E-state index is -0.771. The first-order valence-corrected chi connectivity index (χ1v) is 4.24. The summed E-state index contributed by atoms with van der Waals surface area (Å²) in [6, 6.07) is 0. The summed E-state index contributed by atoms with van der Waals surface area (Å²) in [4.78, 5) is 14.1. The van der Waals surface area contributed by atoms with Gasteiger partial charge in [0.25, 0.3) is 0 Å². The summed E-state index contributed by atoms with van der Waals surface area (Å²) in [5.74, 6) is -0.771. The van der Waals surface area contributed by atoms with Gasteiger partial charge in [-0.05, 0) is 12.2 Å². The smallest absolute Gasteiger partial charge is 0.305 e. The number of carboxylic acid groups (broad SMARTS) is 1. The van der Waals surface area contributed by atoms with Crippen LogP contribution in [-0.4, -0.2) is 52.7 Å². The van der Waals surface area contributed by atoms with Crippen LogP contribution in [0.25, 0.3) is 0 Å². The minimum absolute atomic E-state index is 0.161. The number of hydrogen-bond donors (Lipinski definition) is 1. The van der Waals surface area contributed by atoms with E-state index < -0.39 is 5.97 Å². The maximum atomic E-state index is 10.3. The van der Waals surface area contributed by atoms with Gasteiger partial charge in [0, 0.05) is 26.7 Å². The third-order valence-electron chi connectivity index (χ3n) is 1.90. The van der Waals surface area contributed by atoms with E-state index in [0.717, 1.165) is 18.2 Å². The van der Waals surface area contributed by atoms with Crippen molar-refractivity contribution in [1.29, 1.82) is 0 Å². The third kappa shape index (κ3) is 2.07. The summed E-state index contributed by atoms with van der Waals surface area (Å²) in [5, 5.41) is 9.20. The number of carbonyl (C=O) groups is 1. The molecule has 1 aliphatic heterocycles. The number of nitrogens with zero attached hydrogens (tertiary/aromatic N) is 2. The molecule has 0 aromatic rings. The Morgan fingerprint density at radius 1 is 1.67 bits per heavy atom. The molecule has 0 radical (unpaired) electrons. The van der Waals surface area contributed by atoms with Gasteiger partial charge < -0.3 is 14.9 Å². The summed E-state index contributed by atoms with van der Waals surface area (Å²) < 4.78 is 0. The van der Waals surface area contributed by atoms with Crippen LogP contribution in [0.4, 0.5) is 0 Å². The lowest BCUT2D eigenvalue weighted by atomic mass is 10.4. The van der Waals surface area contributed by atoms with E-state index in [2.05, 4.69) is 0 Å². The second-order valence-corrected chi connectivity index (χ2v) is 3.20. The predicted octanol–water partition coefficient (Wildman–Crippen LogP) is -0.00660. The Balaban J connectivity index is 2.34. The van der Waals surface area contributed by atoms with Crippen molar-refractivity contribution in [3.63, 3.8) is 0 Å². The van der Waals surface area contributed by atoms with E-state index in [9.17, 15) is 4.79 Å². The average Bonchev–Trinajstić information content (AvgIpc) is 2.30. The van der Waals surface area contributed by atoms with Gasteiger partial charge in [-0.25, -0.2) is 0 Å². The van der Waals surface area contributed by atoms with E-state index in [0.29, 0.717) is 6.54 Å².